The Morgan fingerprint density at radius 2 is 1.93 bits per heavy atom. The molecule has 0 aromatic heterocycles. The molecule has 2 amide bonds. The molecular formula is C9H18N2O2S2. The Labute approximate surface area is 101 Å². The summed E-state index contributed by atoms with van der Waals surface area (Å²) in [6.07, 6.45) is 0.195. The zero-order valence-corrected chi connectivity index (χ0v) is 10.8. The lowest BCUT2D eigenvalue weighted by Crippen LogP contribution is -2.36. The Morgan fingerprint density at radius 3 is 2.40 bits per heavy atom. The molecule has 0 aliphatic carbocycles. The van der Waals surface area contributed by atoms with Crippen LogP contribution in [0.2, 0.25) is 0 Å². The largest absolute Gasteiger partial charge is 0.355 e. The van der Waals surface area contributed by atoms with Gasteiger partial charge in [0.05, 0.1) is 5.37 Å². The molecule has 0 aliphatic rings. The van der Waals surface area contributed by atoms with Gasteiger partial charge in [0.1, 0.15) is 0 Å². The predicted octanol–water partition coefficient (Wildman–Crippen LogP) is 0.451. The Hall–Kier alpha value is -0.360. The van der Waals surface area contributed by atoms with E-state index in [2.05, 4.69) is 35.9 Å². The van der Waals surface area contributed by atoms with Gasteiger partial charge in [0.25, 0.3) is 0 Å². The zero-order chi connectivity index (χ0) is 11.8. The molecule has 0 saturated heterocycles. The van der Waals surface area contributed by atoms with E-state index in [0.29, 0.717) is 12.3 Å². The van der Waals surface area contributed by atoms with Gasteiger partial charge in [-0.15, -0.1) is 0 Å². The van der Waals surface area contributed by atoms with Crippen molar-refractivity contribution in [2.45, 2.75) is 25.6 Å². The number of thiol groups is 2. The summed E-state index contributed by atoms with van der Waals surface area (Å²) in [6, 6.07) is 0. The van der Waals surface area contributed by atoms with E-state index in [0.717, 1.165) is 0 Å². The molecule has 0 aromatic rings. The first kappa shape index (κ1) is 14.6. The average Bonchev–Trinajstić information content (AvgIpc) is 2.13. The third-order valence-electron chi connectivity index (χ3n) is 1.72. The molecule has 2 N–H and O–H groups in total. The molecule has 0 spiro atoms. The maximum atomic E-state index is 11.4. The smallest absolute Gasteiger partial charge is 0.224 e. The number of nitrogens with one attached hydrogen (secondary N) is 2. The van der Waals surface area contributed by atoms with Crippen LogP contribution in [0.25, 0.3) is 0 Å². The van der Waals surface area contributed by atoms with Crippen LogP contribution < -0.4 is 10.6 Å². The van der Waals surface area contributed by atoms with Crippen molar-refractivity contribution < 1.29 is 9.59 Å². The summed E-state index contributed by atoms with van der Waals surface area (Å²) in [4.78, 5) is 22.7. The van der Waals surface area contributed by atoms with Crippen molar-refractivity contribution in [3.05, 3.63) is 0 Å². The standard InChI is InChI=1S/C9H18N2O2S2/c1-6(9(13)11-7(2)15)5-8(12)10-3-4-14/h6-7,14-15H,3-5H2,1-2H3,(H,10,12)(H,11,13). The molecule has 0 saturated carbocycles. The maximum absolute atomic E-state index is 11.4. The second-order valence-electron chi connectivity index (χ2n) is 3.36. The highest BCUT2D eigenvalue weighted by Gasteiger charge is 2.17. The Balaban J connectivity index is 3.85. The van der Waals surface area contributed by atoms with Crippen LogP contribution in [0.4, 0.5) is 0 Å². The topological polar surface area (TPSA) is 58.2 Å². The summed E-state index contributed by atoms with van der Waals surface area (Å²) in [5, 5.41) is 5.10. The molecule has 0 fully saturated rings. The first-order valence-electron chi connectivity index (χ1n) is 4.83. The fourth-order valence-corrected chi connectivity index (χ4v) is 1.23. The van der Waals surface area contributed by atoms with Crippen LogP contribution in [-0.4, -0.2) is 29.5 Å². The highest BCUT2D eigenvalue weighted by molar-refractivity contribution is 7.80. The molecule has 0 rings (SSSR count). The molecular weight excluding hydrogens is 232 g/mol. The van der Waals surface area contributed by atoms with Gasteiger partial charge >= 0.3 is 0 Å². The number of hydrogen-bond donors (Lipinski definition) is 4. The molecule has 88 valence electrons. The summed E-state index contributed by atoms with van der Waals surface area (Å²) in [6.45, 7) is 4.00. The highest BCUT2D eigenvalue weighted by Crippen LogP contribution is 2.03. The van der Waals surface area contributed by atoms with Gasteiger partial charge in [-0.05, 0) is 6.92 Å². The molecule has 0 radical (unpaired) electrons. The minimum absolute atomic E-state index is 0.126. The van der Waals surface area contributed by atoms with Crippen LogP contribution in [0.5, 0.6) is 0 Å². The molecule has 4 nitrogen and oxygen atoms in total. The normalized spacial score (nSPS) is 14.1. The minimum Gasteiger partial charge on any atom is -0.355 e. The zero-order valence-electron chi connectivity index (χ0n) is 8.99. The summed E-state index contributed by atoms with van der Waals surface area (Å²) in [5.41, 5.74) is 0. The minimum atomic E-state index is -0.334. The van der Waals surface area contributed by atoms with Crippen molar-refractivity contribution in [2.24, 2.45) is 5.92 Å². The molecule has 2 atom stereocenters. The van der Waals surface area contributed by atoms with Crippen LogP contribution in [0.3, 0.4) is 0 Å². The van der Waals surface area contributed by atoms with Gasteiger partial charge in [-0.25, -0.2) is 0 Å². The van der Waals surface area contributed by atoms with E-state index in [9.17, 15) is 9.59 Å². The van der Waals surface area contributed by atoms with Crippen molar-refractivity contribution in [3.8, 4) is 0 Å². The van der Waals surface area contributed by atoms with Gasteiger partial charge < -0.3 is 10.6 Å². The molecule has 0 aromatic carbocycles. The van der Waals surface area contributed by atoms with Gasteiger partial charge in [0.2, 0.25) is 11.8 Å². The summed E-state index contributed by atoms with van der Waals surface area (Å²) in [5.74, 6) is -0.0171. The first-order chi connectivity index (χ1) is 6.97. The van der Waals surface area contributed by atoms with E-state index in [1.54, 1.807) is 13.8 Å². The number of rotatable bonds is 6. The van der Waals surface area contributed by atoms with Gasteiger partial charge in [-0.1, -0.05) is 6.92 Å². The number of hydrogen-bond acceptors (Lipinski definition) is 4. The second-order valence-corrected chi connectivity index (χ2v) is 4.59. The van der Waals surface area contributed by atoms with Crippen molar-refractivity contribution in [2.75, 3.05) is 12.3 Å². The Morgan fingerprint density at radius 1 is 1.33 bits per heavy atom. The SMILES string of the molecule is CC(S)NC(=O)C(C)CC(=O)NCCS. The van der Waals surface area contributed by atoms with Crippen molar-refractivity contribution in [1.82, 2.24) is 10.6 Å². The van der Waals surface area contributed by atoms with Gasteiger partial charge in [0.15, 0.2) is 0 Å². The van der Waals surface area contributed by atoms with Gasteiger partial charge in [0, 0.05) is 24.6 Å². The van der Waals surface area contributed by atoms with Crippen molar-refractivity contribution >= 4 is 37.1 Å². The van der Waals surface area contributed by atoms with E-state index in [1.807, 2.05) is 0 Å². The Kier molecular flexibility index (Phi) is 7.68. The number of carbonyl (C=O) groups excluding carboxylic acids is 2. The Bertz CT molecular complexity index is 222. The van der Waals surface area contributed by atoms with Crippen molar-refractivity contribution in [3.63, 3.8) is 0 Å². The predicted molar refractivity (Wildman–Crippen MR) is 67.2 cm³/mol. The van der Waals surface area contributed by atoms with Crippen LogP contribution in [0, 0.1) is 5.92 Å². The molecule has 6 heteroatoms. The molecule has 0 heterocycles. The molecule has 2 unspecified atom stereocenters. The fourth-order valence-electron chi connectivity index (χ4n) is 0.986. The van der Waals surface area contributed by atoms with Crippen LogP contribution in [-0.2, 0) is 9.59 Å². The number of amides is 2. The molecule has 0 bridgehead atoms. The summed E-state index contributed by atoms with van der Waals surface area (Å²) >= 11 is 8.00. The maximum Gasteiger partial charge on any atom is 0.224 e. The molecule has 0 aliphatic heterocycles. The highest BCUT2D eigenvalue weighted by atomic mass is 32.1. The molecule has 15 heavy (non-hydrogen) atoms. The van der Waals surface area contributed by atoms with Crippen LogP contribution in [0.15, 0.2) is 0 Å². The van der Waals surface area contributed by atoms with E-state index < -0.39 is 0 Å². The number of carbonyl (C=O) groups is 2. The average molecular weight is 250 g/mol. The van der Waals surface area contributed by atoms with Gasteiger partial charge in [-0.2, -0.15) is 25.3 Å². The summed E-state index contributed by atoms with van der Waals surface area (Å²) < 4.78 is 0. The quantitative estimate of drug-likeness (QED) is 0.409. The van der Waals surface area contributed by atoms with Crippen LogP contribution >= 0.6 is 25.3 Å². The van der Waals surface area contributed by atoms with Crippen molar-refractivity contribution in [1.29, 1.82) is 0 Å². The van der Waals surface area contributed by atoms with Gasteiger partial charge in [-0.3, -0.25) is 9.59 Å². The fraction of sp³-hybridized carbons (Fsp3) is 0.778. The van der Waals surface area contributed by atoms with Crippen LogP contribution in [0.1, 0.15) is 20.3 Å². The lowest BCUT2D eigenvalue weighted by Gasteiger charge is -2.13. The third-order valence-corrected chi connectivity index (χ3v) is 2.08. The second kappa shape index (κ2) is 7.87. The van der Waals surface area contributed by atoms with E-state index in [1.165, 1.54) is 0 Å². The first-order valence-corrected chi connectivity index (χ1v) is 5.98. The third kappa shape index (κ3) is 7.56. The lowest BCUT2D eigenvalue weighted by molar-refractivity contribution is -0.129. The van der Waals surface area contributed by atoms with E-state index in [-0.39, 0.29) is 29.5 Å². The summed E-state index contributed by atoms with van der Waals surface area (Å²) in [7, 11) is 0. The van der Waals surface area contributed by atoms with E-state index in [4.69, 9.17) is 0 Å². The monoisotopic (exact) mass is 250 g/mol. The van der Waals surface area contributed by atoms with E-state index >= 15 is 0 Å². The lowest BCUT2D eigenvalue weighted by atomic mass is 10.1.